The van der Waals surface area contributed by atoms with Crippen molar-refractivity contribution in [1.29, 1.82) is 0 Å². The molecule has 0 heterocycles. The first kappa shape index (κ1) is 9.99. The average Bonchev–Trinajstić information content (AvgIpc) is 2.16. The molecule has 1 unspecified atom stereocenters. The number of aliphatic carboxylic acids is 1. The van der Waals surface area contributed by atoms with Crippen LogP contribution in [0, 0.1) is 0 Å². The lowest BCUT2D eigenvalue weighted by Crippen LogP contribution is -2.22. The van der Waals surface area contributed by atoms with Crippen molar-refractivity contribution in [3.63, 3.8) is 0 Å². The van der Waals surface area contributed by atoms with Crippen LogP contribution in [-0.4, -0.2) is 24.3 Å². The van der Waals surface area contributed by atoms with E-state index in [2.05, 4.69) is 0 Å². The quantitative estimate of drug-likeness (QED) is 0.723. The third kappa shape index (κ3) is 2.18. The van der Waals surface area contributed by atoms with Crippen LogP contribution in [-0.2, 0) is 9.53 Å². The van der Waals surface area contributed by atoms with E-state index in [4.69, 9.17) is 9.84 Å². The third-order valence-corrected chi connectivity index (χ3v) is 2.22. The van der Waals surface area contributed by atoms with E-state index in [9.17, 15) is 4.79 Å². The van der Waals surface area contributed by atoms with Crippen LogP contribution in [0.15, 0.2) is 23.3 Å². The van der Waals surface area contributed by atoms with Gasteiger partial charge in [0.1, 0.15) is 0 Å². The van der Waals surface area contributed by atoms with Gasteiger partial charge in [-0.15, -0.1) is 0 Å². The van der Waals surface area contributed by atoms with Crippen LogP contribution in [0.2, 0.25) is 0 Å². The Morgan fingerprint density at radius 2 is 2.46 bits per heavy atom. The monoisotopic (exact) mass is 182 g/mol. The third-order valence-electron chi connectivity index (χ3n) is 2.22. The van der Waals surface area contributed by atoms with E-state index in [-0.39, 0.29) is 6.10 Å². The summed E-state index contributed by atoms with van der Waals surface area (Å²) in [4.78, 5) is 10.8. The molecule has 0 saturated carbocycles. The highest BCUT2D eigenvalue weighted by atomic mass is 16.5. The van der Waals surface area contributed by atoms with Gasteiger partial charge in [-0.05, 0) is 18.9 Å². The molecule has 0 aromatic rings. The van der Waals surface area contributed by atoms with E-state index >= 15 is 0 Å². The Hall–Kier alpha value is -1.09. The summed E-state index contributed by atoms with van der Waals surface area (Å²) in [7, 11) is 1.53. The van der Waals surface area contributed by atoms with Crippen LogP contribution >= 0.6 is 0 Å². The number of methoxy groups -OCH3 is 1. The minimum atomic E-state index is -0.883. The van der Waals surface area contributed by atoms with E-state index in [1.165, 1.54) is 7.11 Å². The molecular weight excluding hydrogens is 168 g/mol. The van der Waals surface area contributed by atoms with Gasteiger partial charge >= 0.3 is 5.97 Å². The van der Waals surface area contributed by atoms with Crippen molar-refractivity contribution in [3.05, 3.63) is 23.3 Å². The largest absolute Gasteiger partial charge is 0.478 e. The Morgan fingerprint density at radius 1 is 1.77 bits per heavy atom. The topological polar surface area (TPSA) is 46.5 Å². The second-order valence-corrected chi connectivity index (χ2v) is 3.00. The molecule has 1 aliphatic carbocycles. The number of allylic oxidation sites excluding steroid dienone is 2. The first-order valence-electron chi connectivity index (χ1n) is 4.35. The van der Waals surface area contributed by atoms with Crippen molar-refractivity contribution in [1.82, 2.24) is 0 Å². The number of rotatable bonds is 3. The lowest BCUT2D eigenvalue weighted by molar-refractivity contribution is -0.134. The molecule has 0 radical (unpaired) electrons. The normalized spacial score (nSPS) is 22.2. The summed E-state index contributed by atoms with van der Waals surface area (Å²) in [6, 6.07) is 0. The van der Waals surface area contributed by atoms with Gasteiger partial charge in [0.05, 0.1) is 11.7 Å². The molecule has 0 saturated heterocycles. The van der Waals surface area contributed by atoms with Gasteiger partial charge in [0.25, 0.3) is 0 Å². The molecule has 1 aliphatic rings. The Bertz CT molecular complexity index is 263. The molecule has 13 heavy (non-hydrogen) atoms. The van der Waals surface area contributed by atoms with E-state index in [1.807, 2.05) is 13.0 Å². The summed E-state index contributed by atoms with van der Waals surface area (Å²) in [6.45, 7) is 2.01. The number of hydrogen-bond acceptors (Lipinski definition) is 2. The molecular formula is C10H14O3. The molecule has 0 aliphatic heterocycles. The molecule has 3 heteroatoms. The molecule has 0 amide bonds. The molecule has 0 aromatic carbocycles. The highest BCUT2D eigenvalue weighted by Crippen LogP contribution is 2.22. The second kappa shape index (κ2) is 4.23. The lowest BCUT2D eigenvalue weighted by atomic mass is 9.95. The predicted molar refractivity (Wildman–Crippen MR) is 49.5 cm³/mol. The van der Waals surface area contributed by atoms with Gasteiger partial charge in [-0.1, -0.05) is 18.6 Å². The predicted octanol–water partition coefficient (Wildman–Crippen LogP) is 1.75. The summed E-state index contributed by atoms with van der Waals surface area (Å²) >= 11 is 0. The Labute approximate surface area is 77.7 Å². The van der Waals surface area contributed by atoms with Crippen LogP contribution in [0.4, 0.5) is 0 Å². The molecule has 0 spiro atoms. The van der Waals surface area contributed by atoms with Gasteiger partial charge in [0, 0.05) is 7.11 Å². The summed E-state index contributed by atoms with van der Waals surface area (Å²) in [6.07, 6.45) is 4.99. The zero-order valence-electron chi connectivity index (χ0n) is 7.91. The molecule has 1 N–H and O–H groups in total. The van der Waals surface area contributed by atoms with Gasteiger partial charge in [-0.2, -0.15) is 0 Å². The standard InChI is InChI=1S/C10H14O3/c1-3-7-4-5-9(13-2)8(6-7)10(11)12/h4,6,9H,3,5H2,1-2H3,(H,11,12). The lowest BCUT2D eigenvalue weighted by Gasteiger charge is -2.19. The highest BCUT2D eigenvalue weighted by molar-refractivity contribution is 5.88. The van der Waals surface area contributed by atoms with E-state index in [0.29, 0.717) is 12.0 Å². The summed E-state index contributed by atoms with van der Waals surface area (Å²) < 4.78 is 5.06. The van der Waals surface area contributed by atoms with Crippen molar-refractivity contribution < 1.29 is 14.6 Å². The summed E-state index contributed by atoms with van der Waals surface area (Å²) in [5.74, 6) is -0.883. The van der Waals surface area contributed by atoms with Crippen LogP contribution in [0.1, 0.15) is 19.8 Å². The summed E-state index contributed by atoms with van der Waals surface area (Å²) in [5.41, 5.74) is 1.44. The first-order chi connectivity index (χ1) is 6.19. The Morgan fingerprint density at radius 3 is 2.92 bits per heavy atom. The smallest absolute Gasteiger partial charge is 0.334 e. The zero-order valence-corrected chi connectivity index (χ0v) is 7.91. The maximum Gasteiger partial charge on any atom is 0.334 e. The van der Waals surface area contributed by atoms with Crippen LogP contribution in [0.3, 0.4) is 0 Å². The van der Waals surface area contributed by atoms with Gasteiger partial charge in [0.15, 0.2) is 0 Å². The van der Waals surface area contributed by atoms with E-state index in [1.54, 1.807) is 6.08 Å². The number of carboxylic acids is 1. The van der Waals surface area contributed by atoms with Crippen molar-refractivity contribution in [2.75, 3.05) is 7.11 Å². The van der Waals surface area contributed by atoms with Crippen molar-refractivity contribution >= 4 is 5.97 Å². The fraction of sp³-hybridized carbons (Fsp3) is 0.500. The highest BCUT2D eigenvalue weighted by Gasteiger charge is 2.22. The average molecular weight is 182 g/mol. The van der Waals surface area contributed by atoms with Crippen molar-refractivity contribution in [2.24, 2.45) is 0 Å². The van der Waals surface area contributed by atoms with Gasteiger partial charge in [0.2, 0.25) is 0 Å². The molecule has 1 atom stereocenters. The van der Waals surface area contributed by atoms with Gasteiger partial charge < -0.3 is 9.84 Å². The van der Waals surface area contributed by atoms with Crippen molar-refractivity contribution in [3.8, 4) is 0 Å². The van der Waals surface area contributed by atoms with Gasteiger partial charge in [-0.25, -0.2) is 4.79 Å². The summed E-state index contributed by atoms with van der Waals surface area (Å²) in [5, 5.41) is 8.88. The van der Waals surface area contributed by atoms with E-state index in [0.717, 1.165) is 12.0 Å². The SMILES string of the molecule is CCC1=CCC(OC)C(C(=O)O)=C1. The van der Waals surface area contributed by atoms with Gasteiger partial charge in [-0.3, -0.25) is 0 Å². The zero-order chi connectivity index (χ0) is 9.84. The van der Waals surface area contributed by atoms with Crippen LogP contribution in [0.5, 0.6) is 0 Å². The van der Waals surface area contributed by atoms with E-state index < -0.39 is 5.97 Å². The van der Waals surface area contributed by atoms with Crippen LogP contribution < -0.4 is 0 Å². The Kier molecular flexibility index (Phi) is 3.25. The van der Waals surface area contributed by atoms with Crippen LogP contribution in [0.25, 0.3) is 0 Å². The molecule has 0 aromatic heterocycles. The molecule has 0 bridgehead atoms. The molecule has 72 valence electrons. The van der Waals surface area contributed by atoms with Crippen molar-refractivity contribution in [2.45, 2.75) is 25.9 Å². The Balaban J connectivity index is 2.87. The number of carboxylic acid groups (broad SMARTS) is 1. The maximum absolute atomic E-state index is 10.8. The number of carbonyl (C=O) groups is 1. The first-order valence-corrected chi connectivity index (χ1v) is 4.35. The minimum absolute atomic E-state index is 0.284. The minimum Gasteiger partial charge on any atom is -0.478 e. The second-order valence-electron chi connectivity index (χ2n) is 3.00. The fourth-order valence-electron chi connectivity index (χ4n) is 1.41. The molecule has 1 rings (SSSR count). The number of ether oxygens (including phenoxy) is 1. The fourth-order valence-corrected chi connectivity index (χ4v) is 1.41. The maximum atomic E-state index is 10.8. The molecule has 0 fully saturated rings. The number of hydrogen-bond donors (Lipinski definition) is 1. The molecule has 3 nitrogen and oxygen atoms in total.